The molecule has 10 nitrogen and oxygen atoms in total. The van der Waals surface area contributed by atoms with E-state index in [4.69, 9.17) is 9.47 Å². The van der Waals surface area contributed by atoms with E-state index in [0.717, 1.165) is 47.9 Å². The van der Waals surface area contributed by atoms with Crippen LogP contribution >= 0.6 is 0 Å². The van der Waals surface area contributed by atoms with Crippen molar-refractivity contribution in [2.45, 2.75) is 63.8 Å². The number of carbonyl (C=O) groups is 4. The van der Waals surface area contributed by atoms with Crippen molar-refractivity contribution in [3.05, 3.63) is 131 Å². The second kappa shape index (κ2) is 17.8. The summed E-state index contributed by atoms with van der Waals surface area (Å²) in [5.74, 6) is -0.461. The number of rotatable bonds is 10. The lowest BCUT2D eigenvalue weighted by Crippen LogP contribution is -2.50. The lowest BCUT2D eigenvalue weighted by Gasteiger charge is -2.33. The van der Waals surface area contributed by atoms with E-state index in [1.54, 1.807) is 0 Å². The molecule has 4 aromatic rings. The molecule has 0 spiro atoms. The minimum atomic E-state index is -0.590. The number of likely N-dealkylation sites (tertiary alicyclic amines) is 2. The number of carbonyl (C=O) groups excluding carboxylic acids is 4. The van der Waals surface area contributed by atoms with E-state index >= 15 is 0 Å². The van der Waals surface area contributed by atoms with Crippen LogP contribution < -0.4 is 10.6 Å². The maximum absolute atomic E-state index is 13.2. The summed E-state index contributed by atoms with van der Waals surface area (Å²) in [5.41, 5.74) is 4.96. The number of ether oxygens (including phenoxy) is 2. The fraction of sp³-hybridized carbons (Fsp3) is 0.286. The SMILES string of the molecule is O=C(Nc1ccc(C=Cc2ccc(NC(=O)[C@@H]3CCCCN3C(=O)OCc3ccccc3)cc2)cc1)[C@@H]1CCCCN1C(=O)OCc1ccccc1. The van der Waals surface area contributed by atoms with Gasteiger partial charge in [0.1, 0.15) is 25.3 Å². The molecule has 0 saturated carbocycles. The monoisotopic (exact) mass is 700 g/mol. The molecule has 2 heterocycles. The van der Waals surface area contributed by atoms with Gasteiger partial charge in [0, 0.05) is 24.5 Å². The largest absolute Gasteiger partial charge is 0.445 e. The van der Waals surface area contributed by atoms with Crippen molar-refractivity contribution in [3.8, 4) is 0 Å². The molecule has 2 aliphatic heterocycles. The Kier molecular flexibility index (Phi) is 12.3. The molecule has 2 atom stereocenters. The van der Waals surface area contributed by atoms with Crippen LogP contribution in [0.15, 0.2) is 109 Å². The minimum absolute atomic E-state index is 0.162. The Hall–Kier alpha value is -5.90. The summed E-state index contributed by atoms with van der Waals surface area (Å²) in [6, 6.07) is 32.8. The third-order valence-corrected chi connectivity index (χ3v) is 9.31. The first-order valence-electron chi connectivity index (χ1n) is 17.9. The standard InChI is InChI=1S/C42H44N4O6/c47-39(37-15-7-9-27-45(37)41(49)51-29-33-11-3-1-4-12-33)43-35-23-19-31(20-24-35)17-18-32-21-25-36(26-22-32)44-40(48)38-16-8-10-28-46(38)42(50)52-30-34-13-5-2-6-14-34/h1-6,11-14,17-26,37-38H,7-10,15-16,27-30H2,(H,43,47)(H,44,48)/t37-,38-/m0/s1. The number of hydrogen-bond donors (Lipinski definition) is 2. The average Bonchev–Trinajstić information content (AvgIpc) is 3.20. The van der Waals surface area contributed by atoms with Gasteiger partial charge in [-0.1, -0.05) is 97.1 Å². The first-order valence-corrected chi connectivity index (χ1v) is 17.9. The van der Waals surface area contributed by atoms with Crippen LogP contribution in [0.3, 0.4) is 0 Å². The molecule has 10 heteroatoms. The zero-order valence-electron chi connectivity index (χ0n) is 29.1. The summed E-state index contributed by atoms with van der Waals surface area (Å²) in [5, 5.41) is 5.93. The van der Waals surface area contributed by atoms with E-state index in [1.165, 1.54) is 9.80 Å². The van der Waals surface area contributed by atoms with Crippen LogP contribution in [0.5, 0.6) is 0 Å². The average molecular weight is 701 g/mol. The van der Waals surface area contributed by atoms with Gasteiger partial charge in [-0.2, -0.15) is 0 Å². The topological polar surface area (TPSA) is 117 Å². The molecule has 4 amide bonds. The Morgan fingerprint density at radius 3 is 1.31 bits per heavy atom. The zero-order chi connectivity index (χ0) is 36.1. The second-order valence-electron chi connectivity index (χ2n) is 13.0. The maximum atomic E-state index is 13.2. The van der Waals surface area contributed by atoms with Crippen LogP contribution in [0.2, 0.25) is 0 Å². The molecule has 6 rings (SSSR count). The molecule has 0 bridgehead atoms. The number of hydrogen-bond acceptors (Lipinski definition) is 6. The van der Waals surface area contributed by atoms with E-state index in [2.05, 4.69) is 10.6 Å². The molecule has 2 aliphatic rings. The van der Waals surface area contributed by atoms with Crippen LogP contribution in [0.25, 0.3) is 12.2 Å². The summed E-state index contributed by atoms with van der Waals surface area (Å²) in [7, 11) is 0. The predicted octanol–water partition coefficient (Wildman–Crippen LogP) is 8.12. The Balaban J connectivity index is 0.980. The Morgan fingerprint density at radius 1 is 0.538 bits per heavy atom. The number of benzene rings is 4. The summed E-state index contributed by atoms with van der Waals surface area (Å²) in [6.07, 6.45) is 7.52. The minimum Gasteiger partial charge on any atom is -0.445 e. The van der Waals surface area contributed by atoms with Gasteiger partial charge in [0.25, 0.3) is 0 Å². The lowest BCUT2D eigenvalue weighted by molar-refractivity contribution is -0.122. The van der Waals surface area contributed by atoms with Crippen molar-refractivity contribution in [1.82, 2.24) is 9.80 Å². The van der Waals surface area contributed by atoms with E-state index in [-0.39, 0.29) is 25.0 Å². The molecule has 4 aromatic carbocycles. The fourth-order valence-electron chi connectivity index (χ4n) is 6.45. The summed E-state index contributed by atoms with van der Waals surface area (Å²) >= 11 is 0. The smallest absolute Gasteiger partial charge is 0.410 e. The highest BCUT2D eigenvalue weighted by Gasteiger charge is 2.34. The van der Waals surface area contributed by atoms with Crippen molar-refractivity contribution in [3.63, 3.8) is 0 Å². The third-order valence-electron chi connectivity index (χ3n) is 9.31. The predicted molar refractivity (Wildman–Crippen MR) is 201 cm³/mol. The first kappa shape index (κ1) is 35.9. The molecule has 2 saturated heterocycles. The van der Waals surface area contributed by atoms with E-state index in [1.807, 2.05) is 121 Å². The van der Waals surface area contributed by atoms with E-state index in [0.29, 0.717) is 37.3 Å². The highest BCUT2D eigenvalue weighted by atomic mass is 16.6. The van der Waals surface area contributed by atoms with Crippen LogP contribution in [-0.4, -0.2) is 59.0 Å². The van der Waals surface area contributed by atoms with Gasteiger partial charge < -0.3 is 20.1 Å². The summed E-state index contributed by atoms with van der Waals surface area (Å²) in [4.78, 5) is 55.3. The van der Waals surface area contributed by atoms with Crippen molar-refractivity contribution in [1.29, 1.82) is 0 Å². The van der Waals surface area contributed by atoms with Crippen molar-refractivity contribution in [2.75, 3.05) is 23.7 Å². The zero-order valence-corrected chi connectivity index (χ0v) is 29.1. The van der Waals surface area contributed by atoms with Crippen LogP contribution in [-0.2, 0) is 32.3 Å². The molecule has 2 fully saturated rings. The highest BCUT2D eigenvalue weighted by Crippen LogP contribution is 2.23. The van der Waals surface area contributed by atoms with Crippen LogP contribution in [0.4, 0.5) is 21.0 Å². The first-order chi connectivity index (χ1) is 25.4. The number of nitrogens with zero attached hydrogens (tertiary/aromatic N) is 2. The molecular weight excluding hydrogens is 656 g/mol. The van der Waals surface area contributed by atoms with Gasteiger partial charge in [0.2, 0.25) is 11.8 Å². The second-order valence-corrected chi connectivity index (χ2v) is 13.0. The quantitative estimate of drug-likeness (QED) is 0.162. The highest BCUT2D eigenvalue weighted by molar-refractivity contribution is 5.97. The molecule has 0 unspecified atom stereocenters. The van der Waals surface area contributed by atoms with Crippen LogP contribution in [0, 0.1) is 0 Å². The van der Waals surface area contributed by atoms with E-state index < -0.39 is 24.3 Å². The van der Waals surface area contributed by atoms with Crippen molar-refractivity contribution < 1.29 is 28.7 Å². The number of anilines is 2. The normalized spacial score (nSPS) is 17.3. The molecule has 268 valence electrons. The van der Waals surface area contributed by atoms with Gasteiger partial charge in [0.15, 0.2) is 0 Å². The fourth-order valence-corrected chi connectivity index (χ4v) is 6.45. The molecule has 0 aromatic heterocycles. The van der Waals surface area contributed by atoms with E-state index in [9.17, 15) is 19.2 Å². The molecule has 0 radical (unpaired) electrons. The third kappa shape index (κ3) is 9.87. The van der Waals surface area contributed by atoms with Gasteiger partial charge in [-0.15, -0.1) is 0 Å². The number of piperidine rings is 2. The van der Waals surface area contributed by atoms with Gasteiger partial charge >= 0.3 is 12.2 Å². The van der Waals surface area contributed by atoms with Gasteiger partial charge in [-0.3, -0.25) is 19.4 Å². The number of amides is 4. The summed E-state index contributed by atoms with van der Waals surface area (Å²) < 4.78 is 11.0. The van der Waals surface area contributed by atoms with Crippen molar-refractivity contribution >= 4 is 47.5 Å². The molecule has 0 aliphatic carbocycles. The van der Waals surface area contributed by atoms with Gasteiger partial charge in [-0.25, -0.2) is 9.59 Å². The summed E-state index contributed by atoms with van der Waals surface area (Å²) in [6.45, 7) is 1.28. The van der Waals surface area contributed by atoms with Gasteiger partial charge in [-0.05, 0) is 85.0 Å². The van der Waals surface area contributed by atoms with Crippen LogP contribution in [0.1, 0.15) is 60.8 Å². The number of nitrogens with one attached hydrogen (secondary N) is 2. The molecule has 2 N–H and O–H groups in total. The Morgan fingerprint density at radius 2 is 0.923 bits per heavy atom. The molecule has 52 heavy (non-hydrogen) atoms. The maximum Gasteiger partial charge on any atom is 0.410 e. The Labute approximate surface area is 304 Å². The van der Waals surface area contributed by atoms with Crippen molar-refractivity contribution in [2.24, 2.45) is 0 Å². The van der Waals surface area contributed by atoms with Gasteiger partial charge in [0.05, 0.1) is 0 Å². The molecular formula is C42H44N4O6. The Bertz CT molecular complexity index is 1700. The lowest BCUT2D eigenvalue weighted by atomic mass is 10.0.